The Morgan fingerprint density at radius 2 is 1.75 bits per heavy atom. The summed E-state index contributed by atoms with van der Waals surface area (Å²) in [4.78, 5) is 39.1. The van der Waals surface area contributed by atoms with Crippen molar-refractivity contribution in [2.75, 3.05) is 19.1 Å². The number of benzene rings is 3. The van der Waals surface area contributed by atoms with Crippen LogP contribution in [-0.4, -0.2) is 32.1 Å². The molecule has 8 nitrogen and oxygen atoms in total. The number of ether oxygens (including phenoxy) is 3. The number of anilines is 1. The molecule has 1 fully saturated rings. The topological polar surface area (TPSA) is 94.2 Å². The van der Waals surface area contributed by atoms with Crippen molar-refractivity contribution < 1.29 is 28.6 Å². The molecule has 0 bridgehead atoms. The summed E-state index contributed by atoms with van der Waals surface area (Å²) in [5.41, 5.74) is 1.51. The van der Waals surface area contributed by atoms with Crippen LogP contribution in [0.1, 0.15) is 11.1 Å². The van der Waals surface area contributed by atoms with Crippen LogP contribution in [-0.2, 0) is 16.2 Å². The lowest BCUT2D eigenvalue weighted by molar-refractivity contribution is -0.122. The Balaban J connectivity index is 1.63. The van der Waals surface area contributed by atoms with Crippen LogP contribution >= 0.6 is 34.2 Å². The molecule has 0 spiro atoms. The summed E-state index contributed by atoms with van der Waals surface area (Å²) < 4.78 is 17.3. The van der Waals surface area contributed by atoms with E-state index in [-0.39, 0.29) is 12.2 Å². The molecular weight excluding hydrogens is 599 g/mol. The van der Waals surface area contributed by atoms with Gasteiger partial charge in [-0.05, 0) is 88.3 Å². The number of nitrogens with one attached hydrogen (secondary N) is 1. The monoisotopic (exact) mass is 618 g/mol. The number of urea groups is 1. The Morgan fingerprint density at radius 3 is 2.42 bits per heavy atom. The predicted octanol–water partition coefficient (Wildman–Crippen LogP) is 5.21. The zero-order valence-corrected chi connectivity index (χ0v) is 22.1. The highest BCUT2D eigenvalue weighted by Gasteiger charge is 2.36. The first-order valence-electron chi connectivity index (χ1n) is 10.6. The number of halogens is 2. The molecule has 184 valence electrons. The number of carbonyl (C=O) groups is 3. The standard InChI is InChI=1S/C26H20ClIN2O6/c1-34-19-8-6-18(7-9-19)30-25(32)20(24(31)29-26(30)33)11-16-12-21(28)23(22(13-16)35-2)36-14-15-4-3-5-17(27)10-15/h3-13H,14H2,1-2H3,(H,29,31,33)/b20-11+. The van der Waals surface area contributed by atoms with Crippen LogP contribution in [0.3, 0.4) is 0 Å². The lowest BCUT2D eigenvalue weighted by atomic mass is 10.1. The number of barbiturate groups is 1. The minimum Gasteiger partial charge on any atom is -0.497 e. The number of nitrogens with zero attached hydrogens (tertiary/aromatic N) is 1. The lowest BCUT2D eigenvalue weighted by Gasteiger charge is -2.26. The molecule has 10 heteroatoms. The molecule has 1 N–H and O–H groups in total. The summed E-state index contributed by atoms with van der Waals surface area (Å²) in [6.07, 6.45) is 1.41. The van der Waals surface area contributed by atoms with E-state index >= 15 is 0 Å². The molecule has 4 amide bonds. The summed E-state index contributed by atoms with van der Waals surface area (Å²) in [5.74, 6) is -0.0405. The minimum absolute atomic E-state index is 0.198. The summed E-state index contributed by atoms with van der Waals surface area (Å²) in [5, 5.41) is 2.82. The van der Waals surface area contributed by atoms with E-state index in [4.69, 9.17) is 25.8 Å². The second-order valence-electron chi connectivity index (χ2n) is 7.61. The highest BCUT2D eigenvalue weighted by atomic mass is 127. The third-order valence-corrected chi connectivity index (χ3v) is 6.30. The Morgan fingerprint density at radius 1 is 1.00 bits per heavy atom. The average Bonchev–Trinajstić information content (AvgIpc) is 2.86. The van der Waals surface area contributed by atoms with Gasteiger partial charge in [0.1, 0.15) is 17.9 Å². The van der Waals surface area contributed by atoms with Crippen LogP contribution in [0, 0.1) is 3.57 Å². The van der Waals surface area contributed by atoms with Crippen molar-refractivity contribution in [1.29, 1.82) is 0 Å². The van der Waals surface area contributed by atoms with Gasteiger partial charge in [-0.2, -0.15) is 0 Å². The van der Waals surface area contributed by atoms with Crippen LogP contribution in [0.25, 0.3) is 6.08 Å². The van der Waals surface area contributed by atoms with Gasteiger partial charge in [-0.3, -0.25) is 14.9 Å². The molecule has 1 aliphatic heterocycles. The van der Waals surface area contributed by atoms with Crippen molar-refractivity contribution in [2.45, 2.75) is 6.61 Å². The van der Waals surface area contributed by atoms with Gasteiger partial charge in [0.05, 0.1) is 23.5 Å². The predicted molar refractivity (Wildman–Crippen MR) is 143 cm³/mol. The van der Waals surface area contributed by atoms with Gasteiger partial charge in [-0.25, -0.2) is 9.69 Å². The van der Waals surface area contributed by atoms with Gasteiger partial charge in [0.2, 0.25) is 0 Å². The number of carbonyl (C=O) groups excluding carboxylic acids is 3. The quantitative estimate of drug-likeness (QED) is 0.222. The molecule has 0 atom stereocenters. The third kappa shape index (κ3) is 5.47. The first-order chi connectivity index (χ1) is 17.3. The van der Waals surface area contributed by atoms with Crippen LogP contribution in [0.4, 0.5) is 10.5 Å². The van der Waals surface area contributed by atoms with E-state index < -0.39 is 17.8 Å². The van der Waals surface area contributed by atoms with E-state index in [2.05, 4.69) is 27.9 Å². The Hall–Kier alpha value is -3.57. The SMILES string of the molecule is COc1ccc(N2C(=O)NC(=O)/C(=C\c3cc(I)c(OCc4cccc(Cl)c4)c(OC)c3)C2=O)cc1. The Bertz CT molecular complexity index is 1370. The molecule has 1 heterocycles. The highest BCUT2D eigenvalue weighted by Crippen LogP contribution is 2.36. The van der Waals surface area contributed by atoms with Crippen molar-refractivity contribution in [1.82, 2.24) is 5.32 Å². The highest BCUT2D eigenvalue weighted by molar-refractivity contribution is 14.1. The summed E-state index contributed by atoms with van der Waals surface area (Å²) >= 11 is 8.14. The largest absolute Gasteiger partial charge is 0.497 e. The maximum Gasteiger partial charge on any atom is 0.335 e. The van der Waals surface area contributed by atoms with Gasteiger partial charge in [0.15, 0.2) is 11.5 Å². The van der Waals surface area contributed by atoms with Gasteiger partial charge >= 0.3 is 6.03 Å². The average molecular weight is 619 g/mol. The second kappa shape index (κ2) is 11.0. The van der Waals surface area contributed by atoms with E-state index in [1.54, 1.807) is 42.5 Å². The minimum atomic E-state index is -0.829. The van der Waals surface area contributed by atoms with Gasteiger partial charge in [0.25, 0.3) is 11.8 Å². The Kier molecular flexibility index (Phi) is 7.80. The lowest BCUT2D eigenvalue weighted by Crippen LogP contribution is -2.54. The molecule has 1 aliphatic rings. The maximum atomic E-state index is 13.2. The van der Waals surface area contributed by atoms with Crippen LogP contribution in [0.5, 0.6) is 17.2 Å². The van der Waals surface area contributed by atoms with Gasteiger partial charge in [0, 0.05) is 5.02 Å². The molecule has 0 aliphatic carbocycles. The number of imide groups is 2. The molecule has 4 rings (SSSR count). The molecule has 36 heavy (non-hydrogen) atoms. The molecule has 0 saturated carbocycles. The van der Waals surface area contributed by atoms with E-state index in [0.29, 0.717) is 37.1 Å². The fraction of sp³-hybridized carbons (Fsp3) is 0.115. The number of methoxy groups -OCH3 is 2. The number of hydrogen-bond acceptors (Lipinski definition) is 6. The summed E-state index contributed by atoms with van der Waals surface area (Å²) in [7, 11) is 3.01. The third-order valence-electron chi connectivity index (χ3n) is 5.27. The molecule has 1 saturated heterocycles. The summed E-state index contributed by atoms with van der Waals surface area (Å²) in [6.45, 7) is 0.271. The fourth-order valence-electron chi connectivity index (χ4n) is 3.54. The van der Waals surface area contributed by atoms with E-state index in [0.717, 1.165) is 10.5 Å². The molecule has 0 radical (unpaired) electrons. The van der Waals surface area contributed by atoms with Gasteiger partial charge < -0.3 is 14.2 Å². The second-order valence-corrected chi connectivity index (χ2v) is 9.21. The van der Waals surface area contributed by atoms with Crippen molar-refractivity contribution in [3.63, 3.8) is 0 Å². The first-order valence-corrected chi connectivity index (χ1v) is 12.1. The summed E-state index contributed by atoms with van der Waals surface area (Å²) in [6, 6.07) is 16.2. The molecule has 0 aromatic heterocycles. The van der Waals surface area contributed by atoms with Gasteiger partial charge in [-0.1, -0.05) is 23.7 Å². The van der Waals surface area contributed by atoms with Gasteiger partial charge in [-0.15, -0.1) is 0 Å². The van der Waals surface area contributed by atoms with Crippen molar-refractivity contribution >= 4 is 63.8 Å². The molecular formula is C26H20ClIN2O6. The van der Waals surface area contributed by atoms with Crippen molar-refractivity contribution in [2.24, 2.45) is 0 Å². The van der Waals surface area contributed by atoms with Crippen molar-refractivity contribution in [3.8, 4) is 17.2 Å². The van der Waals surface area contributed by atoms with Crippen LogP contribution < -0.4 is 24.4 Å². The molecule has 3 aromatic rings. The first kappa shape index (κ1) is 25.5. The zero-order chi connectivity index (χ0) is 25.8. The van der Waals surface area contributed by atoms with E-state index in [1.807, 2.05) is 18.2 Å². The molecule has 3 aromatic carbocycles. The van der Waals surface area contributed by atoms with Crippen molar-refractivity contribution in [3.05, 3.63) is 86.0 Å². The van der Waals surface area contributed by atoms with Crippen LogP contribution in [0.2, 0.25) is 5.02 Å². The van der Waals surface area contributed by atoms with E-state index in [1.165, 1.54) is 20.3 Å². The number of rotatable bonds is 7. The normalized spacial score (nSPS) is 14.6. The van der Waals surface area contributed by atoms with E-state index in [9.17, 15) is 14.4 Å². The zero-order valence-electron chi connectivity index (χ0n) is 19.2. The maximum absolute atomic E-state index is 13.2. The Labute approximate surface area is 225 Å². The molecule has 0 unspecified atom stereocenters. The van der Waals surface area contributed by atoms with Crippen LogP contribution in [0.15, 0.2) is 66.2 Å². The smallest absolute Gasteiger partial charge is 0.335 e. The fourth-order valence-corrected chi connectivity index (χ4v) is 4.53. The number of amides is 4. The number of hydrogen-bond donors (Lipinski definition) is 1.